The first-order chi connectivity index (χ1) is 6.44. The monoisotopic (exact) mass is 209 g/mol. The first-order valence-corrected chi connectivity index (χ1v) is 3.99. The summed E-state index contributed by atoms with van der Waals surface area (Å²) >= 11 is 0. The number of esters is 1. The molecule has 0 aromatic heterocycles. The van der Waals surface area contributed by atoms with Crippen LogP contribution in [-0.2, 0) is 9.53 Å². The van der Waals surface area contributed by atoms with Crippen molar-refractivity contribution in [2.45, 2.75) is 18.1 Å². The van der Waals surface area contributed by atoms with E-state index in [0.717, 1.165) is 7.11 Å². The lowest BCUT2D eigenvalue weighted by atomic mass is 9.92. The van der Waals surface area contributed by atoms with E-state index in [4.69, 9.17) is 0 Å². The quantitative estimate of drug-likeness (QED) is 0.517. The van der Waals surface area contributed by atoms with Crippen LogP contribution in [0, 0.1) is 0 Å². The van der Waals surface area contributed by atoms with Gasteiger partial charge in [0, 0.05) is 13.0 Å². The van der Waals surface area contributed by atoms with Crippen LogP contribution in [0.15, 0.2) is 12.2 Å². The minimum Gasteiger partial charge on any atom is -0.467 e. The fourth-order valence-electron chi connectivity index (χ4n) is 1.31. The number of carbonyl (C=O) groups excluding carboxylic acids is 1. The normalized spacial score (nSPS) is 27.4. The van der Waals surface area contributed by atoms with Crippen molar-refractivity contribution in [1.82, 2.24) is 5.32 Å². The van der Waals surface area contributed by atoms with E-state index in [-0.39, 0.29) is 6.54 Å². The smallest absolute Gasteiger partial charge is 0.417 e. The summed E-state index contributed by atoms with van der Waals surface area (Å²) < 4.78 is 42.1. The van der Waals surface area contributed by atoms with Gasteiger partial charge in [-0.25, -0.2) is 4.79 Å². The predicted octanol–water partition coefficient (Wildman–Crippen LogP) is 1.01. The largest absolute Gasteiger partial charge is 0.467 e. The highest BCUT2D eigenvalue weighted by Gasteiger charge is 2.60. The second-order valence-electron chi connectivity index (χ2n) is 2.95. The van der Waals surface area contributed by atoms with Crippen molar-refractivity contribution in [3.05, 3.63) is 12.2 Å². The lowest BCUT2D eigenvalue weighted by Crippen LogP contribution is -2.63. The number of carbonyl (C=O) groups is 1. The molecule has 0 aromatic carbocycles. The van der Waals surface area contributed by atoms with Gasteiger partial charge in [0.15, 0.2) is 0 Å². The zero-order chi connectivity index (χ0) is 10.8. The van der Waals surface area contributed by atoms with Gasteiger partial charge in [-0.05, 0) is 0 Å². The molecule has 1 aliphatic rings. The van der Waals surface area contributed by atoms with Crippen molar-refractivity contribution in [2.75, 3.05) is 13.7 Å². The molecule has 0 saturated heterocycles. The first-order valence-electron chi connectivity index (χ1n) is 3.99. The van der Waals surface area contributed by atoms with E-state index in [9.17, 15) is 18.0 Å². The summed E-state index contributed by atoms with van der Waals surface area (Å²) in [6, 6.07) is 0. The summed E-state index contributed by atoms with van der Waals surface area (Å²) in [5, 5.41) is 2.14. The fraction of sp³-hybridized carbons (Fsp3) is 0.625. The van der Waals surface area contributed by atoms with Crippen molar-refractivity contribution < 1.29 is 22.7 Å². The highest BCUT2D eigenvalue weighted by molar-refractivity contribution is 5.82. The molecule has 0 unspecified atom stereocenters. The maximum atomic E-state index is 12.6. The number of hydrogen-bond acceptors (Lipinski definition) is 3. The lowest BCUT2D eigenvalue weighted by Gasteiger charge is -2.34. The highest BCUT2D eigenvalue weighted by Crippen LogP contribution is 2.35. The molecule has 1 aliphatic heterocycles. The summed E-state index contributed by atoms with van der Waals surface area (Å²) in [5.41, 5.74) is -2.57. The van der Waals surface area contributed by atoms with Gasteiger partial charge in [0.1, 0.15) is 0 Å². The maximum Gasteiger partial charge on any atom is 0.417 e. The molecule has 0 bridgehead atoms. The molecule has 0 aromatic rings. The molecule has 0 fully saturated rings. The number of alkyl halides is 3. The molecule has 1 heterocycles. The molecule has 3 nitrogen and oxygen atoms in total. The number of hydrogen-bond donors (Lipinski definition) is 1. The molecule has 1 atom stereocenters. The average molecular weight is 209 g/mol. The van der Waals surface area contributed by atoms with E-state index in [1.54, 1.807) is 0 Å². The summed E-state index contributed by atoms with van der Waals surface area (Å²) in [7, 11) is 0.940. The topological polar surface area (TPSA) is 38.3 Å². The third kappa shape index (κ3) is 1.61. The van der Waals surface area contributed by atoms with Crippen molar-refractivity contribution in [2.24, 2.45) is 0 Å². The molecular formula is C8H10F3NO2. The molecule has 0 spiro atoms. The zero-order valence-electron chi connectivity index (χ0n) is 7.52. The number of rotatable bonds is 1. The van der Waals surface area contributed by atoms with Crippen LogP contribution in [-0.4, -0.2) is 31.3 Å². The molecule has 0 radical (unpaired) electrons. The Bertz CT molecular complexity index is 262. The minimum absolute atomic E-state index is 0.00854. The van der Waals surface area contributed by atoms with Crippen LogP contribution in [0.2, 0.25) is 0 Å². The number of ether oxygens (including phenoxy) is 1. The minimum atomic E-state index is -4.65. The second-order valence-corrected chi connectivity index (χ2v) is 2.95. The van der Waals surface area contributed by atoms with Crippen LogP contribution in [0.4, 0.5) is 13.2 Å². The standard InChI is InChI=1S/C8H10F3NO2/c1-14-6(13)7(8(9,10)11)4-2-3-5-12-7/h2-3,12H,4-5H2,1H3/t7-/m0/s1. The van der Waals surface area contributed by atoms with Gasteiger partial charge in [-0.15, -0.1) is 0 Å². The van der Waals surface area contributed by atoms with Gasteiger partial charge in [0.25, 0.3) is 0 Å². The van der Waals surface area contributed by atoms with E-state index < -0.39 is 24.1 Å². The molecule has 0 saturated carbocycles. The predicted molar refractivity (Wildman–Crippen MR) is 42.6 cm³/mol. The van der Waals surface area contributed by atoms with Crippen molar-refractivity contribution in [3.63, 3.8) is 0 Å². The highest BCUT2D eigenvalue weighted by atomic mass is 19.4. The lowest BCUT2D eigenvalue weighted by molar-refractivity contribution is -0.211. The van der Waals surface area contributed by atoms with Gasteiger partial charge < -0.3 is 4.74 Å². The SMILES string of the molecule is COC(=O)[C@]1(C(F)(F)F)CC=CCN1. The van der Waals surface area contributed by atoms with Crippen LogP contribution in [0.1, 0.15) is 6.42 Å². The summed E-state index contributed by atoms with van der Waals surface area (Å²) in [6.07, 6.45) is -2.22. The van der Waals surface area contributed by atoms with Gasteiger partial charge in [-0.3, -0.25) is 5.32 Å². The Morgan fingerprint density at radius 3 is 2.50 bits per heavy atom. The van der Waals surface area contributed by atoms with E-state index >= 15 is 0 Å². The van der Waals surface area contributed by atoms with Crippen molar-refractivity contribution in [3.8, 4) is 0 Å². The van der Waals surface area contributed by atoms with Gasteiger partial charge >= 0.3 is 12.1 Å². The Balaban J connectivity index is 3.02. The van der Waals surface area contributed by atoms with Crippen molar-refractivity contribution >= 4 is 5.97 Å². The zero-order valence-corrected chi connectivity index (χ0v) is 7.52. The Labute approximate surface area is 78.9 Å². The summed E-state index contributed by atoms with van der Waals surface area (Å²) in [6.45, 7) is 0.00854. The molecular weight excluding hydrogens is 199 g/mol. The fourth-order valence-corrected chi connectivity index (χ4v) is 1.31. The van der Waals surface area contributed by atoms with Gasteiger partial charge in [0.05, 0.1) is 7.11 Å². The van der Waals surface area contributed by atoms with Crippen LogP contribution >= 0.6 is 0 Å². The van der Waals surface area contributed by atoms with E-state index in [1.165, 1.54) is 12.2 Å². The maximum absolute atomic E-state index is 12.6. The van der Waals surface area contributed by atoms with E-state index in [1.807, 2.05) is 0 Å². The Kier molecular flexibility index (Phi) is 2.84. The second kappa shape index (κ2) is 3.61. The molecule has 14 heavy (non-hydrogen) atoms. The van der Waals surface area contributed by atoms with E-state index in [2.05, 4.69) is 10.1 Å². The van der Waals surface area contributed by atoms with Gasteiger partial charge in [-0.2, -0.15) is 13.2 Å². The Morgan fingerprint density at radius 1 is 1.50 bits per heavy atom. The van der Waals surface area contributed by atoms with Crippen LogP contribution in [0.25, 0.3) is 0 Å². The molecule has 0 aliphatic carbocycles. The summed E-state index contributed by atoms with van der Waals surface area (Å²) in [4.78, 5) is 11.1. The Morgan fingerprint density at radius 2 is 2.14 bits per heavy atom. The third-order valence-corrected chi connectivity index (χ3v) is 2.13. The molecule has 0 amide bonds. The van der Waals surface area contributed by atoms with Crippen molar-refractivity contribution in [1.29, 1.82) is 0 Å². The molecule has 80 valence electrons. The van der Waals surface area contributed by atoms with Crippen LogP contribution in [0.3, 0.4) is 0 Å². The number of methoxy groups -OCH3 is 1. The molecule has 1 rings (SSSR count). The third-order valence-electron chi connectivity index (χ3n) is 2.13. The molecule has 1 N–H and O–H groups in total. The van der Waals surface area contributed by atoms with Gasteiger partial charge in [-0.1, -0.05) is 12.2 Å². The molecule has 6 heteroatoms. The van der Waals surface area contributed by atoms with Crippen LogP contribution < -0.4 is 5.32 Å². The first kappa shape index (κ1) is 11.0. The van der Waals surface area contributed by atoms with Crippen LogP contribution in [0.5, 0.6) is 0 Å². The Hall–Kier alpha value is -1.04. The number of halogens is 3. The average Bonchev–Trinajstić information content (AvgIpc) is 2.16. The van der Waals surface area contributed by atoms with E-state index in [0.29, 0.717) is 0 Å². The summed E-state index contributed by atoms with van der Waals surface area (Å²) in [5.74, 6) is -1.30. The number of nitrogens with one attached hydrogen (secondary N) is 1. The van der Waals surface area contributed by atoms with Gasteiger partial charge in [0.2, 0.25) is 5.54 Å².